The van der Waals surface area contributed by atoms with Gasteiger partial charge >= 0.3 is 0 Å². The van der Waals surface area contributed by atoms with E-state index in [1.807, 2.05) is 13.8 Å². The number of aromatic hydroxyl groups is 10. The highest BCUT2D eigenvalue weighted by atomic mass is 16.5. The molecule has 0 radical (unpaired) electrons. The van der Waals surface area contributed by atoms with Crippen molar-refractivity contribution in [1.29, 1.82) is 0 Å². The summed E-state index contributed by atoms with van der Waals surface area (Å²) >= 11 is 0. The molecule has 0 aromatic heterocycles. The van der Waals surface area contributed by atoms with Crippen LogP contribution in [0.3, 0.4) is 0 Å². The Morgan fingerprint density at radius 2 is 1.11 bits per heavy atom. The number of hydrogen-bond donors (Lipinski definition) is 14. The fourth-order valence-corrected chi connectivity index (χ4v) is 10.8. The van der Waals surface area contributed by atoms with E-state index in [1.54, 1.807) is 40.7 Å². The summed E-state index contributed by atoms with van der Waals surface area (Å²) in [5, 5.41) is 157. The number of rotatable bonds is 10. The van der Waals surface area contributed by atoms with Gasteiger partial charge in [-0.1, -0.05) is 65.8 Å². The first-order valence-corrected chi connectivity index (χ1v) is 23.3. The molecule has 14 N–H and O–H groups in total. The summed E-state index contributed by atoms with van der Waals surface area (Å²) in [6.45, 7) is 11.7. The summed E-state index contributed by atoms with van der Waals surface area (Å²) < 4.78 is 19.6. The molecular weight excluding hydrogens is 921 g/mol. The van der Waals surface area contributed by atoms with E-state index in [1.165, 1.54) is 48.6 Å². The van der Waals surface area contributed by atoms with Gasteiger partial charge in [-0.2, -0.15) is 0 Å². The Hall–Kier alpha value is -7.18. The first-order chi connectivity index (χ1) is 33.5. The van der Waals surface area contributed by atoms with Crippen LogP contribution in [0.2, 0.25) is 0 Å². The lowest BCUT2D eigenvalue weighted by atomic mass is 9.61. The Morgan fingerprint density at radius 1 is 0.606 bits per heavy atom. The molecule has 3 heterocycles. The van der Waals surface area contributed by atoms with Crippen molar-refractivity contribution in [3.63, 3.8) is 0 Å². The first-order valence-electron chi connectivity index (χ1n) is 23.3. The lowest BCUT2D eigenvalue weighted by Gasteiger charge is -2.49. The van der Waals surface area contributed by atoms with E-state index in [4.69, 9.17) is 14.2 Å². The minimum Gasteiger partial charge on any atom is -0.508 e. The van der Waals surface area contributed by atoms with Crippen molar-refractivity contribution in [2.45, 2.75) is 121 Å². The highest BCUT2D eigenvalue weighted by Gasteiger charge is 2.55. The molecule has 0 saturated heterocycles. The molecule has 0 fully saturated rings. The smallest absolute Gasteiger partial charge is 0.157 e. The average Bonchev–Trinajstić information content (AvgIpc) is 3.29. The van der Waals surface area contributed by atoms with Crippen LogP contribution in [-0.2, 0) is 17.3 Å². The van der Waals surface area contributed by atoms with E-state index >= 15 is 0 Å². The fraction of sp³-hybridized carbons (Fsp3) is 0.370. The van der Waals surface area contributed by atoms with E-state index in [9.17, 15) is 71.5 Å². The Labute approximate surface area is 409 Å². The number of aliphatic hydroxyl groups is 4. The molecule has 17 heteroatoms. The summed E-state index contributed by atoms with van der Waals surface area (Å²) in [4.78, 5) is 0. The fourth-order valence-electron chi connectivity index (χ4n) is 10.8. The molecule has 8 atom stereocenters. The molecule has 3 aliphatic heterocycles. The van der Waals surface area contributed by atoms with Crippen LogP contribution < -0.4 is 14.2 Å². The number of phenolic OH excluding ortho intramolecular Hbond substituents is 10. The molecule has 8 unspecified atom stereocenters. The minimum atomic E-state index is -1.70. The minimum absolute atomic E-state index is 0.0105. The maximum Gasteiger partial charge on any atom is 0.157 e. The zero-order valence-corrected chi connectivity index (χ0v) is 40.2. The predicted molar refractivity (Wildman–Crippen MR) is 259 cm³/mol. The third-order valence-electron chi connectivity index (χ3n) is 13.8. The highest BCUT2D eigenvalue weighted by Crippen LogP contribution is 2.64. The van der Waals surface area contributed by atoms with Gasteiger partial charge in [-0.25, -0.2) is 0 Å². The van der Waals surface area contributed by atoms with Gasteiger partial charge in [-0.05, 0) is 66.8 Å². The molecule has 5 aromatic rings. The first kappa shape index (κ1) is 51.7. The van der Waals surface area contributed by atoms with Crippen LogP contribution in [-0.4, -0.2) is 103 Å². The molecule has 0 aliphatic carbocycles. The van der Waals surface area contributed by atoms with Crippen molar-refractivity contribution in [1.82, 2.24) is 0 Å². The predicted octanol–water partition coefficient (Wildman–Crippen LogP) is 7.43. The van der Waals surface area contributed by atoms with Gasteiger partial charge in [0.15, 0.2) is 35.2 Å². The van der Waals surface area contributed by atoms with E-state index in [0.717, 1.165) is 24.3 Å². The van der Waals surface area contributed by atoms with E-state index in [2.05, 4.69) is 0 Å². The van der Waals surface area contributed by atoms with Crippen LogP contribution >= 0.6 is 0 Å². The van der Waals surface area contributed by atoms with Crippen molar-refractivity contribution in [3.05, 3.63) is 123 Å². The molecule has 8 rings (SSSR count). The maximum atomic E-state index is 12.8. The third kappa shape index (κ3) is 9.10. The number of fused-ring (bicyclic) bond motifs is 3. The number of aliphatic hydroxyl groups excluding tert-OH is 4. The normalized spacial score (nSPS) is 22.4. The summed E-state index contributed by atoms with van der Waals surface area (Å²) in [6, 6.07) is 11.9. The molecule has 3 aliphatic rings. The third-order valence-corrected chi connectivity index (χ3v) is 13.8. The summed E-state index contributed by atoms with van der Waals surface area (Å²) in [7, 11) is 0. The molecular formula is C54H62O17. The lowest BCUT2D eigenvalue weighted by Crippen LogP contribution is -2.46. The van der Waals surface area contributed by atoms with Gasteiger partial charge in [0.05, 0.1) is 12.7 Å². The van der Waals surface area contributed by atoms with Gasteiger partial charge < -0.3 is 85.7 Å². The zero-order valence-electron chi connectivity index (χ0n) is 40.2. The molecule has 0 bridgehead atoms. The zero-order chi connectivity index (χ0) is 52.2. The molecule has 5 aromatic carbocycles. The number of benzene rings is 5. The Kier molecular flexibility index (Phi) is 14.2. The van der Waals surface area contributed by atoms with Crippen LogP contribution in [0.1, 0.15) is 118 Å². The quantitative estimate of drug-likeness (QED) is 0.0478. The Balaban J connectivity index is 0.00000366. The van der Waals surface area contributed by atoms with E-state index in [-0.39, 0.29) is 69.4 Å². The summed E-state index contributed by atoms with van der Waals surface area (Å²) in [5.41, 5.74) is -2.23. The topological polar surface area (TPSA) is 311 Å². The molecule has 0 saturated carbocycles. The Bertz CT molecular complexity index is 2880. The monoisotopic (exact) mass is 982 g/mol. The number of ether oxygens (including phenoxy) is 3. The molecule has 17 nitrogen and oxygen atoms in total. The van der Waals surface area contributed by atoms with Gasteiger partial charge in [0.25, 0.3) is 0 Å². The van der Waals surface area contributed by atoms with Crippen molar-refractivity contribution >= 4 is 0 Å². The maximum absolute atomic E-state index is 12.8. The van der Waals surface area contributed by atoms with E-state index < -0.39 is 111 Å². The second-order valence-electron chi connectivity index (χ2n) is 19.1. The second-order valence-corrected chi connectivity index (χ2v) is 19.1. The largest absolute Gasteiger partial charge is 0.508 e. The SMILES string of the molecule is CC.CC(O)/C=C(\C=C/CO)C1CCc2c(O)cc(O)c(C(C)(C)C3c4c(O)cc(O)c(C(C)(C)C5c6c(O)cc(O)cc6OC(c6ccc(O)c(O)c6)C5O)c4OC(c4ccc(O)c(O)c4)C3O)c2O1. The summed E-state index contributed by atoms with van der Waals surface area (Å²) in [5.74, 6) is -7.79. The standard InChI is InChI=1S/C52H56O17.C2H6/c1-22(54)15-23(7-6-14-53)37-13-10-27-30(58)20-35(63)41(49(27)67-37)51(2,3)44-40-34(62)21-36(64)42(50(40)69-48(46(44)66)25-9-12-29(57)32(60)17-25)52(4,5)43-39-33(61)18-26(55)19-38(39)68-47(45(43)65)24-8-11-28(56)31(59)16-24;1-2/h6-9,11-12,15-22,37,43-48,53-66H,10,13-14H2,1-5H3;1-2H3/b7-6-,23-15+;. The van der Waals surface area contributed by atoms with Crippen molar-refractivity contribution in [2.24, 2.45) is 0 Å². The molecule has 380 valence electrons. The van der Waals surface area contributed by atoms with Crippen LogP contribution in [0.4, 0.5) is 0 Å². The van der Waals surface area contributed by atoms with Crippen molar-refractivity contribution in [2.75, 3.05) is 6.61 Å². The van der Waals surface area contributed by atoms with Crippen LogP contribution in [0, 0.1) is 0 Å². The van der Waals surface area contributed by atoms with Gasteiger partial charge in [0.1, 0.15) is 70.1 Å². The average molecular weight is 983 g/mol. The second kappa shape index (κ2) is 19.5. The van der Waals surface area contributed by atoms with Crippen LogP contribution in [0.15, 0.2) is 84.5 Å². The summed E-state index contributed by atoms with van der Waals surface area (Å²) in [6.07, 6.45) is -2.76. The van der Waals surface area contributed by atoms with Gasteiger partial charge in [0, 0.05) is 74.7 Å². The highest BCUT2D eigenvalue weighted by molar-refractivity contribution is 5.68. The van der Waals surface area contributed by atoms with Crippen molar-refractivity contribution in [3.8, 4) is 74.7 Å². The van der Waals surface area contributed by atoms with Crippen LogP contribution in [0.5, 0.6) is 74.7 Å². The van der Waals surface area contributed by atoms with Crippen molar-refractivity contribution < 1.29 is 85.7 Å². The van der Waals surface area contributed by atoms with Gasteiger partial charge in [-0.15, -0.1) is 0 Å². The number of hydrogen-bond acceptors (Lipinski definition) is 17. The molecule has 0 spiro atoms. The molecule has 0 amide bonds. The Morgan fingerprint density at radius 3 is 1.65 bits per heavy atom. The van der Waals surface area contributed by atoms with Gasteiger partial charge in [-0.3, -0.25) is 0 Å². The van der Waals surface area contributed by atoms with Gasteiger partial charge in [0.2, 0.25) is 0 Å². The van der Waals surface area contributed by atoms with E-state index in [0.29, 0.717) is 17.6 Å². The van der Waals surface area contributed by atoms with Crippen LogP contribution in [0.25, 0.3) is 0 Å². The molecule has 71 heavy (non-hydrogen) atoms. The lowest BCUT2D eigenvalue weighted by molar-refractivity contribution is -0.0268. The number of phenols is 10.